The number of nitrogens with zero attached hydrogens (tertiary/aromatic N) is 2. The van der Waals surface area contributed by atoms with E-state index in [1.165, 1.54) is 6.20 Å². The van der Waals surface area contributed by atoms with E-state index >= 15 is 0 Å². The van der Waals surface area contributed by atoms with Crippen molar-refractivity contribution in [2.24, 2.45) is 5.92 Å². The number of carboxylic acids is 1. The van der Waals surface area contributed by atoms with Crippen molar-refractivity contribution in [2.45, 2.75) is 26.8 Å². The molecule has 0 aliphatic heterocycles. The summed E-state index contributed by atoms with van der Waals surface area (Å²) in [5.74, 6) is -1.70. The highest BCUT2D eigenvalue weighted by Gasteiger charge is 2.25. The average Bonchev–Trinajstić information content (AvgIpc) is 2.86. The predicted molar refractivity (Wildman–Crippen MR) is 89.7 cm³/mol. The number of rotatable bonds is 5. The number of hydrogen-bond acceptors (Lipinski definition) is 3. The molecule has 1 unspecified atom stereocenters. The molecule has 2 N–H and O–H groups in total. The summed E-state index contributed by atoms with van der Waals surface area (Å²) in [5.41, 5.74) is 1.83. The zero-order chi connectivity index (χ0) is 17.1. The highest BCUT2D eigenvalue weighted by Crippen LogP contribution is 2.17. The van der Waals surface area contributed by atoms with Crippen LogP contribution in [0.15, 0.2) is 34.9 Å². The average molecular weight is 380 g/mol. The number of halogens is 1. The van der Waals surface area contributed by atoms with E-state index < -0.39 is 17.9 Å². The molecule has 1 aromatic carbocycles. The molecule has 1 aromatic heterocycles. The number of amides is 1. The van der Waals surface area contributed by atoms with E-state index in [4.69, 9.17) is 0 Å². The van der Waals surface area contributed by atoms with Gasteiger partial charge in [-0.1, -0.05) is 29.8 Å². The number of carboxylic acid groups (broad SMARTS) is 1. The van der Waals surface area contributed by atoms with Crippen LogP contribution in [0.3, 0.4) is 0 Å². The van der Waals surface area contributed by atoms with Gasteiger partial charge >= 0.3 is 5.97 Å². The van der Waals surface area contributed by atoms with Crippen LogP contribution >= 0.6 is 15.9 Å². The van der Waals surface area contributed by atoms with Crippen molar-refractivity contribution in [1.82, 2.24) is 15.1 Å². The van der Waals surface area contributed by atoms with Crippen LogP contribution in [0.5, 0.6) is 0 Å². The van der Waals surface area contributed by atoms with Crippen LogP contribution in [0, 0.1) is 12.8 Å². The van der Waals surface area contributed by atoms with Gasteiger partial charge in [0, 0.05) is 4.47 Å². The van der Waals surface area contributed by atoms with E-state index in [-0.39, 0.29) is 5.92 Å². The highest BCUT2D eigenvalue weighted by molar-refractivity contribution is 9.10. The molecule has 1 amide bonds. The summed E-state index contributed by atoms with van der Waals surface area (Å²) in [7, 11) is 0. The lowest BCUT2D eigenvalue weighted by atomic mass is 10.0. The Kier molecular flexibility index (Phi) is 5.20. The van der Waals surface area contributed by atoms with E-state index in [0.29, 0.717) is 11.3 Å². The second-order valence-corrected chi connectivity index (χ2v) is 6.48. The first-order valence-electron chi connectivity index (χ1n) is 7.15. The molecular weight excluding hydrogens is 362 g/mol. The van der Waals surface area contributed by atoms with Crippen LogP contribution in [0.25, 0.3) is 5.69 Å². The maximum atomic E-state index is 12.3. The van der Waals surface area contributed by atoms with Crippen molar-refractivity contribution in [1.29, 1.82) is 0 Å². The van der Waals surface area contributed by atoms with Gasteiger partial charge in [-0.25, -0.2) is 9.48 Å². The van der Waals surface area contributed by atoms with Crippen molar-refractivity contribution in [2.75, 3.05) is 0 Å². The smallest absolute Gasteiger partial charge is 0.326 e. The normalized spacial score (nSPS) is 12.2. The minimum Gasteiger partial charge on any atom is -0.480 e. The minimum atomic E-state index is -1.05. The third-order valence-electron chi connectivity index (χ3n) is 3.54. The van der Waals surface area contributed by atoms with Crippen molar-refractivity contribution >= 4 is 27.8 Å². The summed E-state index contributed by atoms with van der Waals surface area (Å²) < 4.78 is 2.59. The quantitative estimate of drug-likeness (QED) is 0.836. The fraction of sp³-hybridized carbons (Fsp3) is 0.312. The molecule has 7 heteroatoms. The second-order valence-electron chi connectivity index (χ2n) is 5.57. The topological polar surface area (TPSA) is 84.2 Å². The summed E-state index contributed by atoms with van der Waals surface area (Å²) in [6, 6.07) is 6.59. The summed E-state index contributed by atoms with van der Waals surface area (Å²) in [5, 5.41) is 16.0. The van der Waals surface area contributed by atoms with Crippen LogP contribution in [0.4, 0.5) is 0 Å². The first-order chi connectivity index (χ1) is 10.8. The molecule has 0 bridgehead atoms. The zero-order valence-corrected chi connectivity index (χ0v) is 14.7. The van der Waals surface area contributed by atoms with Crippen molar-refractivity contribution < 1.29 is 14.7 Å². The first-order valence-corrected chi connectivity index (χ1v) is 7.94. The van der Waals surface area contributed by atoms with Crippen molar-refractivity contribution in [3.63, 3.8) is 0 Å². The molecule has 0 aliphatic carbocycles. The Morgan fingerprint density at radius 3 is 2.39 bits per heavy atom. The summed E-state index contributed by atoms with van der Waals surface area (Å²) in [6.07, 6.45) is 1.45. The molecule has 0 spiro atoms. The van der Waals surface area contributed by atoms with Gasteiger partial charge in [-0.3, -0.25) is 4.79 Å². The molecule has 122 valence electrons. The molecule has 0 saturated carbocycles. The minimum absolute atomic E-state index is 0.210. The Labute approximate surface area is 142 Å². The molecule has 0 radical (unpaired) electrons. The molecule has 0 aliphatic rings. The summed E-state index contributed by atoms with van der Waals surface area (Å²) in [4.78, 5) is 23.6. The molecule has 0 saturated heterocycles. The fourth-order valence-electron chi connectivity index (χ4n) is 2.21. The van der Waals surface area contributed by atoms with Gasteiger partial charge in [0.25, 0.3) is 5.91 Å². The molecule has 2 aromatic rings. The van der Waals surface area contributed by atoms with E-state index in [0.717, 1.165) is 10.2 Å². The Balaban J connectivity index is 2.26. The van der Waals surface area contributed by atoms with Gasteiger partial charge < -0.3 is 10.4 Å². The Morgan fingerprint density at radius 1 is 1.26 bits per heavy atom. The summed E-state index contributed by atoms with van der Waals surface area (Å²) >= 11 is 3.37. The maximum absolute atomic E-state index is 12.3. The number of carbonyl (C=O) groups excluding carboxylic acids is 1. The standard InChI is InChI=1S/C16H18BrN3O3/c1-9(2)14(16(22)23)19-15(21)13-8-18-20(10(13)3)12-6-4-11(17)5-7-12/h4-9,14H,1-3H3,(H,19,21)(H,22,23). The second kappa shape index (κ2) is 6.95. The van der Waals surface area contributed by atoms with Gasteiger partial charge in [0.05, 0.1) is 23.1 Å². The van der Waals surface area contributed by atoms with E-state index in [2.05, 4.69) is 26.3 Å². The van der Waals surface area contributed by atoms with Crippen LogP contribution in [-0.4, -0.2) is 32.8 Å². The third-order valence-corrected chi connectivity index (χ3v) is 4.07. The number of benzene rings is 1. The molecule has 1 heterocycles. The molecule has 0 fully saturated rings. The largest absolute Gasteiger partial charge is 0.480 e. The first kappa shape index (κ1) is 17.2. The predicted octanol–water partition coefficient (Wildman–Crippen LogP) is 2.78. The van der Waals surface area contributed by atoms with Gasteiger partial charge in [0.2, 0.25) is 0 Å². The van der Waals surface area contributed by atoms with Gasteiger partial charge in [-0.2, -0.15) is 5.10 Å². The SMILES string of the molecule is Cc1c(C(=O)NC(C(=O)O)C(C)C)cnn1-c1ccc(Br)cc1. The fourth-order valence-corrected chi connectivity index (χ4v) is 2.47. The van der Waals surface area contributed by atoms with E-state index in [9.17, 15) is 14.7 Å². The van der Waals surface area contributed by atoms with E-state index in [1.807, 2.05) is 24.3 Å². The van der Waals surface area contributed by atoms with Crippen LogP contribution in [0.1, 0.15) is 29.9 Å². The van der Waals surface area contributed by atoms with Crippen molar-refractivity contribution in [3.8, 4) is 5.69 Å². The lowest BCUT2D eigenvalue weighted by molar-refractivity contribution is -0.140. The zero-order valence-electron chi connectivity index (χ0n) is 13.1. The van der Waals surface area contributed by atoms with Crippen LogP contribution < -0.4 is 5.32 Å². The Hall–Kier alpha value is -2.15. The lowest BCUT2D eigenvalue weighted by Crippen LogP contribution is -2.44. The molecule has 6 nitrogen and oxygen atoms in total. The van der Waals surface area contributed by atoms with Crippen molar-refractivity contribution in [3.05, 3.63) is 46.2 Å². The Morgan fingerprint density at radius 2 is 1.87 bits per heavy atom. The monoisotopic (exact) mass is 379 g/mol. The van der Waals surface area contributed by atoms with Gasteiger partial charge in [0.15, 0.2) is 0 Å². The van der Waals surface area contributed by atoms with Gasteiger partial charge in [-0.15, -0.1) is 0 Å². The summed E-state index contributed by atoms with van der Waals surface area (Å²) in [6.45, 7) is 5.27. The van der Waals surface area contributed by atoms with Crippen LogP contribution in [-0.2, 0) is 4.79 Å². The van der Waals surface area contributed by atoms with Gasteiger partial charge in [-0.05, 0) is 37.1 Å². The number of hydrogen-bond donors (Lipinski definition) is 2. The number of nitrogens with one attached hydrogen (secondary N) is 1. The molecule has 2 rings (SSSR count). The Bertz CT molecular complexity index is 723. The number of aromatic nitrogens is 2. The third kappa shape index (κ3) is 3.79. The molecular formula is C16H18BrN3O3. The van der Waals surface area contributed by atoms with Crippen LogP contribution in [0.2, 0.25) is 0 Å². The molecule has 1 atom stereocenters. The maximum Gasteiger partial charge on any atom is 0.326 e. The lowest BCUT2D eigenvalue weighted by Gasteiger charge is -2.17. The molecule has 23 heavy (non-hydrogen) atoms. The van der Waals surface area contributed by atoms with E-state index in [1.54, 1.807) is 25.5 Å². The number of carbonyl (C=O) groups is 2. The number of aliphatic carboxylic acids is 1. The highest BCUT2D eigenvalue weighted by atomic mass is 79.9. The van der Waals surface area contributed by atoms with Gasteiger partial charge in [0.1, 0.15) is 6.04 Å².